The first-order valence-corrected chi connectivity index (χ1v) is 6.58. The summed E-state index contributed by atoms with van der Waals surface area (Å²) < 4.78 is 0. The number of amides is 1. The van der Waals surface area contributed by atoms with E-state index in [1.165, 1.54) is 0 Å². The van der Waals surface area contributed by atoms with Crippen LogP contribution in [0.5, 0.6) is 0 Å². The Morgan fingerprint density at radius 1 is 1.39 bits per heavy atom. The molecule has 1 heterocycles. The van der Waals surface area contributed by atoms with Gasteiger partial charge in [-0.25, -0.2) is 0 Å². The van der Waals surface area contributed by atoms with Crippen LogP contribution in [-0.2, 0) is 0 Å². The summed E-state index contributed by atoms with van der Waals surface area (Å²) in [6.45, 7) is 5.65. The van der Waals surface area contributed by atoms with Gasteiger partial charge in [-0.05, 0) is 36.1 Å². The minimum Gasteiger partial charge on any atom is -0.338 e. The van der Waals surface area contributed by atoms with Crippen molar-refractivity contribution >= 4 is 17.5 Å². The Bertz CT molecular complexity index is 442. The van der Waals surface area contributed by atoms with E-state index in [0.29, 0.717) is 17.1 Å². The molecule has 2 N–H and O–H groups in total. The van der Waals surface area contributed by atoms with Crippen LogP contribution >= 0.6 is 11.6 Å². The first-order chi connectivity index (χ1) is 8.40. The van der Waals surface area contributed by atoms with Gasteiger partial charge in [-0.1, -0.05) is 25.4 Å². The average Bonchev–Trinajstić information content (AvgIpc) is 2.33. The summed E-state index contributed by atoms with van der Waals surface area (Å²) in [6, 6.07) is 7.19. The van der Waals surface area contributed by atoms with E-state index >= 15 is 0 Å². The van der Waals surface area contributed by atoms with Crippen molar-refractivity contribution < 1.29 is 4.79 Å². The van der Waals surface area contributed by atoms with Crippen LogP contribution in [0, 0.1) is 5.41 Å². The molecule has 0 aromatic heterocycles. The zero-order valence-corrected chi connectivity index (χ0v) is 11.6. The SMILES string of the molecule is CC1(C)CN(C(=O)c2ccc(Cl)cc2)CCC1N. The fraction of sp³-hybridized carbons (Fsp3) is 0.500. The van der Waals surface area contributed by atoms with Gasteiger partial charge in [0, 0.05) is 29.7 Å². The second-order valence-electron chi connectivity index (χ2n) is 5.62. The summed E-state index contributed by atoms with van der Waals surface area (Å²) >= 11 is 5.83. The molecule has 1 aliphatic heterocycles. The molecule has 0 saturated carbocycles. The average molecular weight is 267 g/mol. The van der Waals surface area contributed by atoms with Gasteiger partial charge in [0.05, 0.1) is 0 Å². The second kappa shape index (κ2) is 4.90. The number of nitrogens with two attached hydrogens (primary N) is 1. The lowest BCUT2D eigenvalue weighted by Gasteiger charge is -2.42. The Labute approximate surface area is 113 Å². The molecule has 3 nitrogen and oxygen atoms in total. The summed E-state index contributed by atoms with van der Waals surface area (Å²) in [7, 11) is 0. The number of hydrogen-bond acceptors (Lipinski definition) is 2. The molecule has 0 radical (unpaired) electrons. The van der Waals surface area contributed by atoms with Crippen LogP contribution in [0.4, 0.5) is 0 Å². The van der Waals surface area contributed by atoms with E-state index in [-0.39, 0.29) is 17.4 Å². The maximum atomic E-state index is 12.3. The van der Waals surface area contributed by atoms with Gasteiger partial charge in [0.25, 0.3) is 5.91 Å². The number of hydrogen-bond donors (Lipinski definition) is 1. The van der Waals surface area contributed by atoms with Gasteiger partial charge >= 0.3 is 0 Å². The maximum absolute atomic E-state index is 12.3. The number of benzene rings is 1. The van der Waals surface area contributed by atoms with Crippen molar-refractivity contribution in [2.75, 3.05) is 13.1 Å². The largest absolute Gasteiger partial charge is 0.338 e. The predicted molar refractivity (Wildman–Crippen MR) is 73.7 cm³/mol. The fourth-order valence-corrected chi connectivity index (χ4v) is 2.45. The van der Waals surface area contributed by atoms with Gasteiger partial charge in [-0.2, -0.15) is 0 Å². The van der Waals surface area contributed by atoms with Crippen LogP contribution in [0.3, 0.4) is 0 Å². The highest BCUT2D eigenvalue weighted by molar-refractivity contribution is 6.30. The summed E-state index contributed by atoms with van der Waals surface area (Å²) in [5.41, 5.74) is 6.74. The molecule has 1 amide bonds. The monoisotopic (exact) mass is 266 g/mol. The minimum absolute atomic E-state index is 0.0274. The van der Waals surface area contributed by atoms with Crippen molar-refractivity contribution in [2.45, 2.75) is 26.3 Å². The molecule has 4 heteroatoms. The zero-order valence-electron chi connectivity index (χ0n) is 10.8. The summed E-state index contributed by atoms with van der Waals surface area (Å²) in [5, 5.41) is 0.646. The Morgan fingerprint density at radius 3 is 2.56 bits per heavy atom. The standard InChI is InChI=1S/C14H19ClN2O/c1-14(2)9-17(8-7-12(14)16)13(18)10-3-5-11(15)6-4-10/h3-6,12H,7-9,16H2,1-2H3. The topological polar surface area (TPSA) is 46.3 Å². The third kappa shape index (κ3) is 2.68. The number of halogens is 1. The molecule has 0 spiro atoms. The number of piperidine rings is 1. The van der Waals surface area contributed by atoms with Crippen LogP contribution in [0.2, 0.25) is 5.02 Å². The van der Waals surface area contributed by atoms with E-state index in [9.17, 15) is 4.79 Å². The first kappa shape index (κ1) is 13.4. The first-order valence-electron chi connectivity index (χ1n) is 6.20. The molecular formula is C14H19ClN2O. The van der Waals surface area contributed by atoms with Crippen molar-refractivity contribution in [3.63, 3.8) is 0 Å². The van der Waals surface area contributed by atoms with Gasteiger partial charge in [0.2, 0.25) is 0 Å². The highest BCUT2D eigenvalue weighted by atomic mass is 35.5. The molecule has 1 aromatic rings. The van der Waals surface area contributed by atoms with Crippen molar-refractivity contribution in [3.05, 3.63) is 34.9 Å². The van der Waals surface area contributed by atoms with Crippen molar-refractivity contribution in [2.24, 2.45) is 11.1 Å². The number of rotatable bonds is 1. The highest BCUT2D eigenvalue weighted by Gasteiger charge is 2.35. The van der Waals surface area contributed by atoms with Crippen molar-refractivity contribution in [1.82, 2.24) is 4.90 Å². The highest BCUT2D eigenvalue weighted by Crippen LogP contribution is 2.28. The number of likely N-dealkylation sites (tertiary alicyclic amines) is 1. The van der Waals surface area contributed by atoms with Crippen molar-refractivity contribution in [3.8, 4) is 0 Å². The number of nitrogens with zero attached hydrogens (tertiary/aromatic N) is 1. The van der Waals surface area contributed by atoms with Crippen molar-refractivity contribution in [1.29, 1.82) is 0 Å². The maximum Gasteiger partial charge on any atom is 0.253 e. The molecule has 1 atom stereocenters. The lowest BCUT2D eigenvalue weighted by atomic mass is 9.79. The molecule has 1 saturated heterocycles. The van der Waals surface area contributed by atoms with E-state index < -0.39 is 0 Å². The fourth-order valence-electron chi connectivity index (χ4n) is 2.32. The lowest BCUT2D eigenvalue weighted by molar-refractivity contribution is 0.0533. The second-order valence-corrected chi connectivity index (χ2v) is 6.05. The quantitative estimate of drug-likeness (QED) is 0.849. The van der Waals surface area contributed by atoms with Crippen LogP contribution in [0.25, 0.3) is 0 Å². The van der Waals surface area contributed by atoms with E-state index in [2.05, 4.69) is 13.8 Å². The van der Waals surface area contributed by atoms with Crippen LogP contribution in [0.15, 0.2) is 24.3 Å². The van der Waals surface area contributed by atoms with E-state index in [4.69, 9.17) is 17.3 Å². The number of carbonyl (C=O) groups excluding carboxylic acids is 1. The van der Waals surface area contributed by atoms with E-state index in [1.807, 2.05) is 4.90 Å². The molecule has 98 valence electrons. The van der Waals surface area contributed by atoms with Gasteiger partial charge in [-0.3, -0.25) is 4.79 Å². The smallest absolute Gasteiger partial charge is 0.253 e. The Hall–Kier alpha value is -1.06. The molecule has 1 fully saturated rings. The Morgan fingerprint density at radius 2 is 2.00 bits per heavy atom. The van der Waals surface area contributed by atoms with Crippen LogP contribution in [-0.4, -0.2) is 29.9 Å². The Kier molecular flexibility index (Phi) is 3.64. The molecule has 18 heavy (non-hydrogen) atoms. The normalized spacial score (nSPS) is 22.9. The number of carbonyl (C=O) groups is 1. The molecule has 1 aliphatic rings. The van der Waals surface area contributed by atoms with E-state index in [1.54, 1.807) is 24.3 Å². The molecule has 2 rings (SSSR count). The molecule has 0 aliphatic carbocycles. The lowest BCUT2D eigenvalue weighted by Crippen LogP contribution is -2.53. The molecule has 0 bridgehead atoms. The van der Waals surface area contributed by atoms with Gasteiger partial charge < -0.3 is 10.6 Å². The minimum atomic E-state index is -0.0274. The molecule has 1 unspecified atom stereocenters. The van der Waals surface area contributed by atoms with Crippen LogP contribution < -0.4 is 5.73 Å². The third-order valence-corrected chi connectivity index (χ3v) is 3.94. The van der Waals surface area contributed by atoms with Gasteiger partial charge in [0.15, 0.2) is 0 Å². The van der Waals surface area contributed by atoms with Gasteiger partial charge in [0.1, 0.15) is 0 Å². The molecular weight excluding hydrogens is 248 g/mol. The Balaban J connectivity index is 2.13. The zero-order chi connectivity index (χ0) is 13.3. The summed E-state index contributed by atoms with van der Waals surface area (Å²) in [5.74, 6) is 0.0617. The van der Waals surface area contributed by atoms with Crippen LogP contribution in [0.1, 0.15) is 30.6 Å². The van der Waals surface area contributed by atoms with Gasteiger partial charge in [-0.15, -0.1) is 0 Å². The molecule has 1 aromatic carbocycles. The third-order valence-electron chi connectivity index (χ3n) is 3.69. The summed E-state index contributed by atoms with van der Waals surface area (Å²) in [4.78, 5) is 14.2. The summed E-state index contributed by atoms with van der Waals surface area (Å²) in [6.07, 6.45) is 0.854. The predicted octanol–water partition coefficient (Wildman–Crippen LogP) is 2.54. The van der Waals surface area contributed by atoms with E-state index in [0.717, 1.165) is 13.0 Å².